The minimum absolute atomic E-state index is 0.170. The van der Waals surface area contributed by atoms with Crippen molar-refractivity contribution < 1.29 is 4.74 Å². The minimum Gasteiger partial charge on any atom is -0.484 e. The smallest absolute Gasteiger partial charge is 0.141 e. The number of benzene rings is 1. The molecule has 0 aliphatic carbocycles. The second-order valence-electron chi connectivity index (χ2n) is 7.72. The summed E-state index contributed by atoms with van der Waals surface area (Å²) in [4.78, 5) is 4.12. The second kappa shape index (κ2) is 7.53. The van der Waals surface area contributed by atoms with E-state index in [1.165, 1.54) is 55.0 Å². The Morgan fingerprint density at radius 3 is 2.74 bits per heavy atom. The average Bonchev–Trinajstić information content (AvgIpc) is 3.36. The Labute approximate surface area is 165 Å². The Kier molecular flexibility index (Phi) is 4.76. The maximum atomic E-state index is 6.60. The lowest BCUT2D eigenvalue weighted by atomic mass is 9.89. The highest BCUT2D eigenvalue weighted by Crippen LogP contribution is 2.38. The van der Waals surface area contributed by atoms with Crippen LogP contribution in [0, 0.1) is 5.92 Å². The summed E-state index contributed by atoms with van der Waals surface area (Å²) >= 11 is 1.87. The molecular weight excluding hydrogens is 352 g/mol. The van der Waals surface area contributed by atoms with Gasteiger partial charge in [0.1, 0.15) is 11.9 Å². The number of likely N-dealkylation sites (tertiary alicyclic amines) is 1. The van der Waals surface area contributed by atoms with Gasteiger partial charge in [0.05, 0.1) is 12.2 Å². The van der Waals surface area contributed by atoms with Crippen LogP contribution in [-0.4, -0.2) is 29.1 Å². The maximum absolute atomic E-state index is 6.60. The van der Waals surface area contributed by atoms with Gasteiger partial charge in [-0.1, -0.05) is 24.3 Å². The summed E-state index contributed by atoms with van der Waals surface area (Å²) in [5.74, 6) is 1.65. The van der Waals surface area contributed by atoms with Crippen LogP contribution < -0.4 is 4.74 Å². The summed E-state index contributed by atoms with van der Waals surface area (Å²) in [5, 5.41) is 2.18. The van der Waals surface area contributed by atoms with E-state index in [0.29, 0.717) is 5.92 Å². The van der Waals surface area contributed by atoms with Crippen LogP contribution >= 0.6 is 11.3 Å². The van der Waals surface area contributed by atoms with Crippen molar-refractivity contribution in [3.8, 4) is 5.75 Å². The summed E-state index contributed by atoms with van der Waals surface area (Å²) in [6.07, 6.45) is 5.97. The van der Waals surface area contributed by atoms with Crippen LogP contribution in [0.3, 0.4) is 0 Å². The number of fused-ring (bicyclic) bond motifs is 2. The number of nitrogens with zero attached hydrogens (tertiary/aromatic N) is 2. The van der Waals surface area contributed by atoms with E-state index in [1.807, 2.05) is 11.3 Å². The van der Waals surface area contributed by atoms with Gasteiger partial charge in [0, 0.05) is 29.1 Å². The lowest BCUT2D eigenvalue weighted by Gasteiger charge is -2.35. The molecule has 2 aromatic heterocycles. The van der Waals surface area contributed by atoms with Gasteiger partial charge in [-0.15, -0.1) is 11.3 Å². The van der Waals surface area contributed by atoms with Gasteiger partial charge in [0.25, 0.3) is 0 Å². The monoisotopic (exact) mass is 378 g/mol. The van der Waals surface area contributed by atoms with Crippen molar-refractivity contribution >= 4 is 11.3 Å². The summed E-state index contributed by atoms with van der Waals surface area (Å²) < 4.78 is 8.97. The van der Waals surface area contributed by atoms with Gasteiger partial charge in [-0.2, -0.15) is 0 Å². The van der Waals surface area contributed by atoms with Crippen LogP contribution in [0.2, 0.25) is 0 Å². The highest BCUT2D eigenvalue weighted by atomic mass is 32.1. The summed E-state index contributed by atoms with van der Waals surface area (Å²) in [7, 11) is 0. The third kappa shape index (κ3) is 3.56. The molecule has 1 saturated heterocycles. The molecule has 0 amide bonds. The van der Waals surface area contributed by atoms with Crippen LogP contribution in [0.15, 0.2) is 60.1 Å². The number of hydrogen-bond acceptors (Lipinski definition) is 3. The number of piperidine rings is 1. The van der Waals surface area contributed by atoms with Crippen molar-refractivity contribution in [2.45, 2.75) is 31.9 Å². The van der Waals surface area contributed by atoms with Crippen molar-refractivity contribution in [2.24, 2.45) is 5.92 Å². The molecule has 0 spiro atoms. The molecule has 3 aromatic rings. The number of ether oxygens (including phenoxy) is 1. The SMILES string of the molecule is c1csc(CCN2CCC(C3Oc4ccccc4Cn4cccc43)CC2)c1. The first kappa shape index (κ1) is 17.1. The number of hydrogen-bond donors (Lipinski definition) is 0. The van der Waals surface area contributed by atoms with E-state index in [-0.39, 0.29) is 6.10 Å². The van der Waals surface area contributed by atoms with Gasteiger partial charge < -0.3 is 14.2 Å². The van der Waals surface area contributed by atoms with Gasteiger partial charge >= 0.3 is 0 Å². The normalized spacial score (nSPS) is 20.5. The van der Waals surface area contributed by atoms with Crippen LogP contribution in [0.1, 0.15) is 35.1 Å². The third-order valence-electron chi connectivity index (χ3n) is 6.04. The van der Waals surface area contributed by atoms with Crippen molar-refractivity contribution in [3.05, 3.63) is 76.2 Å². The van der Waals surface area contributed by atoms with Gasteiger partial charge in [0.2, 0.25) is 0 Å². The molecule has 2 aliphatic rings. The van der Waals surface area contributed by atoms with Crippen LogP contribution in [0.25, 0.3) is 0 Å². The van der Waals surface area contributed by atoms with E-state index in [0.717, 1.165) is 12.3 Å². The fraction of sp³-hybridized carbons (Fsp3) is 0.391. The Hall–Kier alpha value is -2.04. The Morgan fingerprint density at radius 1 is 1.00 bits per heavy atom. The molecule has 1 atom stereocenters. The summed E-state index contributed by atoms with van der Waals surface area (Å²) in [6.45, 7) is 4.45. The van der Waals surface area contributed by atoms with E-state index >= 15 is 0 Å². The molecule has 2 aliphatic heterocycles. The molecule has 140 valence electrons. The predicted molar refractivity (Wildman–Crippen MR) is 111 cm³/mol. The van der Waals surface area contributed by atoms with E-state index in [4.69, 9.17) is 4.74 Å². The first-order chi connectivity index (χ1) is 13.4. The molecule has 0 saturated carbocycles. The molecule has 4 heteroatoms. The zero-order valence-corrected chi connectivity index (χ0v) is 16.4. The number of para-hydroxylation sites is 1. The standard InChI is InChI=1S/C23H26N2OS/c1-2-8-22-19(5-1)17-25-12-3-7-21(25)23(26-22)18-9-13-24(14-10-18)15-11-20-6-4-16-27-20/h1-8,12,16,18,23H,9-11,13-15,17H2. The van der Waals surface area contributed by atoms with Crippen molar-refractivity contribution in [2.75, 3.05) is 19.6 Å². The summed E-state index contributed by atoms with van der Waals surface area (Å²) in [5.41, 5.74) is 2.62. The second-order valence-corrected chi connectivity index (χ2v) is 8.75. The predicted octanol–water partition coefficient (Wildman–Crippen LogP) is 4.99. The lowest BCUT2D eigenvalue weighted by Crippen LogP contribution is -2.38. The number of thiophene rings is 1. The zero-order chi connectivity index (χ0) is 18.1. The van der Waals surface area contributed by atoms with E-state index in [2.05, 4.69) is 69.6 Å². The topological polar surface area (TPSA) is 17.4 Å². The van der Waals surface area contributed by atoms with E-state index in [1.54, 1.807) is 0 Å². The largest absolute Gasteiger partial charge is 0.484 e. The first-order valence-corrected chi connectivity index (χ1v) is 10.9. The minimum atomic E-state index is 0.170. The Morgan fingerprint density at radius 2 is 1.89 bits per heavy atom. The number of rotatable bonds is 4. The molecule has 1 unspecified atom stereocenters. The molecule has 1 fully saturated rings. The molecule has 0 bridgehead atoms. The highest BCUT2D eigenvalue weighted by molar-refractivity contribution is 7.09. The van der Waals surface area contributed by atoms with Gasteiger partial charge in [-0.25, -0.2) is 0 Å². The molecule has 0 N–H and O–H groups in total. The van der Waals surface area contributed by atoms with Crippen molar-refractivity contribution in [3.63, 3.8) is 0 Å². The molecule has 5 rings (SSSR count). The molecule has 4 heterocycles. The fourth-order valence-electron chi connectivity index (χ4n) is 4.50. The molecule has 1 aromatic carbocycles. The van der Waals surface area contributed by atoms with E-state index in [9.17, 15) is 0 Å². The Bertz CT molecular complexity index is 877. The van der Waals surface area contributed by atoms with Gasteiger partial charge in [-0.3, -0.25) is 0 Å². The maximum Gasteiger partial charge on any atom is 0.141 e. The van der Waals surface area contributed by atoms with Crippen LogP contribution in [-0.2, 0) is 13.0 Å². The molecule has 0 radical (unpaired) electrons. The van der Waals surface area contributed by atoms with Gasteiger partial charge in [-0.05, 0) is 62.0 Å². The fourth-order valence-corrected chi connectivity index (χ4v) is 5.20. The van der Waals surface area contributed by atoms with Gasteiger partial charge in [0.15, 0.2) is 0 Å². The lowest BCUT2D eigenvalue weighted by molar-refractivity contribution is 0.0745. The molecular formula is C23H26N2OS. The quantitative estimate of drug-likeness (QED) is 0.637. The Balaban J connectivity index is 1.28. The highest BCUT2D eigenvalue weighted by Gasteiger charge is 2.32. The van der Waals surface area contributed by atoms with Crippen molar-refractivity contribution in [1.29, 1.82) is 0 Å². The van der Waals surface area contributed by atoms with Crippen LogP contribution in [0.4, 0.5) is 0 Å². The number of aromatic nitrogens is 1. The van der Waals surface area contributed by atoms with Crippen molar-refractivity contribution in [1.82, 2.24) is 9.47 Å². The van der Waals surface area contributed by atoms with Crippen LogP contribution in [0.5, 0.6) is 5.75 Å². The molecule has 27 heavy (non-hydrogen) atoms. The summed E-state index contributed by atoms with van der Waals surface area (Å²) in [6, 6.07) is 17.3. The third-order valence-corrected chi connectivity index (χ3v) is 6.97. The average molecular weight is 379 g/mol. The first-order valence-electron chi connectivity index (χ1n) is 10.0. The van der Waals surface area contributed by atoms with E-state index < -0.39 is 0 Å². The zero-order valence-electron chi connectivity index (χ0n) is 15.6. The molecule has 3 nitrogen and oxygen atoms in total.